The van der Waals surface area contributed by atoms with E-state index in [1.165, 1.54) is 0 Å². The molecule has 41 heavy (non-hydrogen) atoms. The summed E-state index contributed by atoms with van der Waals surface area (Å²) in [4.78, 5) is 52.3. The molecule has 2 atom stereocenters. The Morgan fingerprint density at radius 1 is 0.951 bits per heavy atom. The van der Waals surface area contributed by atoms with Gasteiger partial charge in [-0.15, -0.1) is 0 Å². The van der Waals surface area contributed by atoms with E-state index in [2.05, 4.69) is 15.3 Å². The highest BCUT2D eigenvalue weighted by Crippen LogP contribution is 2.57. The average Bonchev–Trinajstić information content (AvgIpc) is 3.77. The second-order valence-electron chi connectivity index (χ2n) is 11.5. The topological polar surface area (TPSA) is 92.3 Å². The van der Waals surface area contributed by atoms with Gasteiger partial charge in [0.15, 0.2) is 5.78 Å². The van der Waals surface area contributed by atoms with Gasteiger partial charge in [0.05, 0.1) is 16.8 Å². The van der Waals surface area contributed by atoms with Crippen molar-refractivity contribution in [2.24, 2.45) is 11.8 Å². The number of hydrogen-bond donors (Lipinski definition) is 1. The molecule has 2 fully saturated rings. The third-order valence-corrected chi connectivity index (χ3v) is 9.35. The summed E-state index contributed by atoms with van der Waals surface area (Å²) in [6, 6.07) is 20.3. The van der Waals surface area contributed by atoms with Gasteiger partial charge in [-0.2, -0.15) is 0 Å². The second kappa shape index (κ2) is 10.1. The van der Waals surface area contributed by atoms with E-state index >= 15 is 0 Å². The van der Waals surface area contributed by atoms with Gasteiger partial charge in [-0.3, -0.25) is 24.4 Å². The first kappa shape index (κ1) is 25.8. The lowest BCUT2D eigenvalue weighted by atomic mass is 9.78. The molecule has 0 saturated heterocycles. The lowest BCUT2D eigenvalue weighted by Gasteiger charge is -2.36. The zero-order valence-corrected chi connectivity index (χ0v) is 23.2. The van der Waals surface area contributed by atoms with E-state index in [1.807, 2.05) is 48.5 Å². The minimum atomic E-state index is -1.00. The molecule has 7 nitrogen and oxygen atoms in total. The Bertz CT molecular complexity index is 1680. The van der Waals surface area contributed by atoms with Crippen LogP contribution in [0.1, 0.15) is 64.4 Å². The first-order valence-corrected chi connectivity index (χ1v) is 14.6. The van der Waals surface area contributed by atoms with Gasteiger partial charge in [0.2, 0.25) is 0 Å². The number of nitrogens with one attached hydrogen (secondary N) is 1. The monoisotopic (exact) mass is 564 g/mol. The lowest BCUT2D eigenvalue weighted by Crippen LogP contribution is -2.51. The van der Waals surface area contributed by atoms with Crippen molar-refractivity contribution in [2.75, 3.05) is 11.9 Å². The third kappa shape index (κ3) is 4.39. The number of carbonyl (C=O) groups excluding carboxylic acids is 3. The first-order chi connectivity index (χ1) is 20.0. The van der Waals surface area contributed by atoms with E-state index < -0.39 is 5.54 Å². The molecule has 2 unspecified atom stereocenters. The Kier molecular flexibility index (Phi) is 6.35. The zero-order chi connectivity index (χ0) is 28.1. The summed E-state index contributed by atoms with van der Waals surface area (Å²) in [5, 5.41) is 4.42. The van der Waals surface area contributed by atoms with Crippen LogP contribution in [-0.4, -0.2) is 44.5 Å². The number of Topliss-reactive ketones (excluding diaryl/α,β-unsaturated/α-hetero) is 1. The van der Waals surface area contributed by atoms with Gasteiger partial charge < -0.3 is 10.2 Å². The maximum Gasteiger partial charge on any atom is 0.256 e. The van der Waals surface area contributed by atoms with Crippen LogP contribution in [0.2, 0.25) is 5.02 Å². The number of ketones is 1. The maximum atomic E-state index is 14.1. The SMILES string of the molecule is O=C(c1cccc2cccnc12)C1CCC(CN2C(=O)c3ccc(Cl)cc3NC(=O)C23CC3c2ccccn2)CC1. The van der Waals surface area contributed by atoms with E-state index in [4.69, 9.17) is 11.6 Å². The highest BCUT2D eigenvalue weighted by atomic mass is 35.5. The number of pyridine rings is 2. The highest BCUT2D eigenvalue weighted by Gasteiger charge is 2.67. The number of carbonyl (C=O) groups is 3. The molecule has 0 bridgehead atoms. The largest absolute Gasteiger partial charge is 0.323 e. The van der Waals surface area contributed by atoms with Crippen LogP contribution in [0.4, 0.5) is 5.69 Å². The number of nitrogens with zero attached hydrogens (tertiary/aromatic N) is 3. The molecule has 3 heterocycles. The van der Waals surface area contributed by atoms with E-state index in [0.717, 1.165) is 42.3 Å². The number of aromatic nitrogens is 2. The van der Waals surface area contributed by atoms with Gasteiger partial charge in [-0.05, 0) is 80.5 Å². The van der Waals surface area contributed by atoms with Crippen LogP contribution in [0.15, 0.2) is 79.1 Å². The predicted octanol–water partition coefficient (Wildman–Crippen LogP) is 6.29. The normalized spacial score (nSPS) is 25.5. The molecular weight excluding hydrogens is 536 g/mol. The van der Waals surface area contributed by atoms with Crippen molar-refractivity contribution < 1.29 is 14.4 Å². The van der Waals surface area contributed by atoms with Crippen LogP contribution in [-0.2, 0) is 4.79 Å². The average molecular weight is 565 g/mol. The Balaban J connectivity index is 1.14. The molecule has 4 aromatic rings. The Hall–Kier alpha value is -4.10. The van der Waals surface area contributed by atoms with Crippen molar-refractivity contribution in [3.8, 4) is 0 Å². The van der Waals surface area contributed by atoms with E-state index in [-0.39, 0.29) is 35.4 Å². The summed E-state index contributed by atoms with van der Waals surface area (Å²) in [6.07, 6.45) is 7.05. The smallest absolute Gasteiger partial charge is 0.256 e. The predicted molar refractivity (Wildman–Crippen MR) is 157 cm³/mol. The number of fused-ring (bicyclic) bond motifs is 2. The van der Waals surface area contributed by atoms with Crippen LogP contribution >= 0.6 is 11.6 Å². The van der Waals surface area contributed by atoms with Crippen LogP contribution in [0.25, 0.3) is 10.9 Å². The molecule has 7 rings (SSSR count). The van der Waals surface area contributed by atoms with Gasteiger partial charge in [-0.25, -0.2) is 0 Å². The molecule has 8 heteroatoms. The molecule has 2 aromatic carbocycles. The summed E-state index contributed by atoms with van der Waals surface area (Å²) < 4.78 is 0. The van der Waals surface area contributed by atoms with Gasteiger partial charge in [0.25, 0.3) is 11.8 Å². The van der Waals surface area contributed by atoms with Gasteiger partial charge in [-0.1, -0.05) is 35.9 Å². The van der Waals surface area contributed by atoms with Crippen LogP contribution in [0.3, 0.4) is 0 Å². The summed E-state index contributed by atoms with van der Waals surface area (Å²) >= 11 is 6.23. The molecule has 2 amide bonds. The third-order valence-electron chi connectivity index (χ3n) is 9.11. The summed E-state index contributed by atoms with van der Waals surface area (Å²) in [5.41, 5.74) is 2.12. The van der Waals surface area contributed by atoms with Crippen molar-refractivity contribution in [3.05, 3.63) is 101 Å². The maximum absolute atomic E-state index is 14.1. The van der Waals surface area contributed by atoms with Gasteiger partial charge in [0.1, 0.15) is 5.54 Å². The van der Waals surface area contributed by atoms with E-state index in [9.17, 15) is 14.4 Å². The molecule has 1 aliphatic heterocycles. The van der Waals surface area contributed by atoms with Crippen molar-refractivity contribution in [3.63, 3.8) is 0 Å². The number of rotatable bonds is 5. The first-order valence-electron chi connectivity index (χ1n) is 14.2. The number of amides is 2. The summed E-state index contributed by atoms with van der Waals surface area (Å²) in [7, 11) is 0. The molecule has 2 aromatic heterocycles. The second-order valence-corrected chi connectivity index (χ2v) is 11.9. The van der Waals surface area contributed by atoms with Gasteiger partial charge in [0, 0.05) is 52.4 Å². The number of para-hydroxylation sites is 1. The Morgan fingerprint density at radius 2 is 1.76 bits per heavy atom. The lowest BCUT2D eigenvalue weighted by molar-refractivity contribution is -0.122. The number of halogens is 1. The molecule has 1 spiro atoms. The van der Waals surface area contributed by atoms with Crippen molar-refractivity contribution >= 4 is 45.8 Å². The fourth-order valence-electron chi connectivity index (χ4n) is 6.85. The van der Waals surface area contributed by atoms with Crippen molar-refractivity contribution in [1.29, 1.82) is 0 Å². The molecular formula is C33H29ClN4O3. The van der Waals surface area contributed by atoms with E-state index in [1.54, 1.807) is 35.5 Å². The zero-order valence-electron chi connectivity index (χ0n) is 22.4. The summed E-state index contributed by atoms with van der Waals surface area (Å²) in [5.74, 6) is -0.326. The molecule has 0 radical (unpaired) electrons. The summed E-state index contributed by atoms with van der Waals surface area (Å²) in [6.45, 7) is 0.453. The molecule has 3 aliphatic rings. The fourth-order valence-corrected chi connectivity index (χ4v) is 7.03. The van der Waals surface area contributed by atoms with Crippen LogP contribution < -0.4 is 5.32 Å². The minimum absolute atomic E-state index is 0.0824. The number of benzene rings is 2. The molecule has 2 saturated carbocycles. The molecule has 2 aliphatic carbocycles. The van der Waals surface area contributed by atoms with Crippen LogP contribution in [0.5, 0.6) is 0 Å². The van der Waals surface area contributed by atoms with Crippen molar-refractivity contribution in [2.45, 2.75) is 43.6 Å². The standard InChI is InChI=1S/C33H29ClN4O3/c34-23-13-14-24-28(17-23)37-32(41)33(18-26(33)27-8-1-2-15-35-27)38(31(24)40)19-20-9-11-22(12-10-20)30(39)25-7-3-5-21-6-4-16-36-29(21)25/h1-8,13-17,20,22,26H,9-12,18-19H2,(H,37,41). The van der Waals surface area contributed by atoms with E-state index in [0.29, 0.717) is 34.8 Å². The quantitative estimate of drug-likeness (QED) is 0.287. The Labute approximate surface area is 242 Å². The van der Waals surface area contributed by atoms with Gasteiger partial charge >= 0.3 is 0 Å². The molecule has 206 valence electrons. The van der Waals surface area contributed by atoms with Crippen LogP contribution in [0, 0.1) is 11.8 Å². The van der Waals surface area contributed by atoms with Crippen molar-refractivity contribution in [1.82, 2.24) is 14.9 Å². The minimum Gasteiger partial charge on any atom is -0.323 e. The molecule has 1 N–H and O–H groups in total. The number of anilines is 1. The highest BCUT2D eigenvalue weighted by molar-refractivity contribution is 6.31. The Morgan fingerprint density at radius 3 is 2.56 bits per heavy atom. The number of hydrogen-bond acceptors (Lipinski definition) is 5. The fraction of sp³-hybridized carbons (Fsp3) is 0.303.